The molecule has 2 aromatic carbocycles. The van der Waals surface area contributed by atoms with Gasteiger partial charge < -0.3 is 5.32 Å². The van der Waals surface area contributed by atoms with E-state index in [4.69, 9.17) is 0 Å². The summed E-state index contributed by atoms with van der Waals surface area (Å²) >= 11 is 0. The van der Waals surface area contributed by atoms with Crippen molar-refractivity contribution in [1.82, 2.24) is 5.32 Å². The molecule has 0 saturated carbocycles. The molecule has 1 unspecified atom stereocenters. The van der Waals surface area contributed by atoms with Gasteiger partial charge in [-0.15, -0.1) is 0 Å². The summed E-state index contributed by atoms with van der Waals surface area (Å²) in [5, 5.41) is 3.35. The van der Waals surface area contributed by atoms with Crippen molar-refractivity contribution in [1.29, 1.82) is 0 Å². The normalized spacial score (nSPS) is 17.6. The van der Waals surface area contributed by atoms with Crippen LogP contribution in [-0.2, 0) is 6.54 Å². The van der Waals surface area contributed by atoms with Crippen LogP contribution in [0, 0.1) is 13.8 Å². The molecule has 0 spiro atoms. The van der Waals surface area contributed by atoms with Crippen LogP contribution in [0.5, 0.6) is 0 Å². The van der Waals surface area contributed by atoms with E-state index in [9.17, 15) is 4.79 Å². The molecule has 1 N–H and O–H groups in total. The minimum absolute atomic E-state index is 0.0684. The summed E-state index contributed by atoms with van der Waals surface area (Å²) in [6, 6.07) is 14.3. The number of carbonyl (C=O) groups excluding carboxylic acids is 1. The molecule has 0 aliphatic carbocycles. The topological polar surface area (TPSA) is 29.1 Å². The first-order valence-corrected chi connectivity index (χ1v) is 7.06. The smallest absolute Gasteiger partial charge is 0.171 e. The van der Waals surface area contributed by atoms with Crippen molar-refractivity contribution in [3.8, 4) is 0 Å². The summed E-state index contributed by atoms with van der Waals surface area (Å²) < 4.78 is 0. The quantitative estimate of drug-likeness (QED) is 0.843. The van der Waals surface area contributed by atoms with Crippen LogP contribution in [0.25, 0.3) is 0 Å². The highest BCUT2D eigenvalue weighted by molar-refractivity contribution is 6.01. The lowest BCUT2D eigenvalue weighted by Crippen LogP contribution is -2.32. The van der Waals surface area contributed by atoms with E-state index in [0.717, 1.165) is 29.8 Å². The Bertz CT molecular complexity index is 640. The minimum atomic E-state index is -0.0684. The summed E-state index contributed by atoms with van der Waals surface area (Å²) in [7, 11) is 0. The molecule has 1 aliphatic heterocycles. The molecule has 0 saturated heterocycles. The molecule has 3 rings (SSSR count). The Hall–Kier alpha value is -1.93. The molecular formula is C18H19NO. The maximum absolute atomic E-state index is 12.8. The van der Waals surface area contributed by atoms with Crippen molar-refractivity contribution in [2.75, 3.05) is 6.54 Å². The minimum Gasteiger partial charge on any atom is -0.312 e. The molecule has 0 amide bonds. The molecule has 2 aromatic rings. The fraction of sp³-hybridized carbons (Fsp3) is 0.278. The van der Waals surface area contributed by atoms with Crippen LogP contribution in [0.15, 0.2) is 42.5 Å². The number of aryl methyl sites for hydroxylation is 2. The zero-order valence-electron chi connectivity index (χ0n) is 11.9. The van der Waals surface area contributed by atoms with E-state index in [1.165, 1.54) is 11.1 Å². The Balaban J connectivity index is 1.99. The molecule has 1 aliphatic rings. The van der Waals surface area contributed by atoms with Crippen molar-refractivity contribution in [3.05, 3.63) is 70.3 Å². The number of benzene rings is 2. The number of rotatable bonds is 2. The molecule has 0 fully saturated rings. The molecule has 0 bridgehead atoms. The van der Waals surface area contributed by atoms with Gasteiger partial charge in [0, 0.05) is 18.7 Å². The van der Waals surface area contributed by atoms with Crippen LogP contribution >= 0.6 is 0 Å². The van der Waals surface area contributed by atoms with Gasteiger partial charge in [-0.25, -0.2) is 0 Å². The van der Waals surface area contributed by atoms with Gasteiger partial charge in [-0.1, -0.05) is 41.5 Å². The fourth-order valence-electron chi connectivity index (χ4n) is 3.05. The number of ketones is 1. The standard InChI is InChI=1S/C18H19NO/c1-12-7-13(2)9-15(8-12)18(20)17-11-19-10-14-5-3-4-6-16(14)17/h3-9,17,19H,10-11H2,1-2H3. The highest BCUT2D eigenvalue weighted by Crippen LogP contribution is 2.27. The largest absolute Gasteiger partial charge is 0.312 e. The number of carbonyl (C=O) groups is 1. The second-order valence-electron chi connectivity index (χ2n) is 5.62. The van der Waals surface area contributed by atoms with Crippen LogP contribution < -0.4 is 5.32 Å². The number of hydrogen-bond donors (Lipinski definition) is 1. The van der Waals surface area contributed by atoms with E-state index in [2.05, 4.69) is 23.5 Å². The molecule has 0 aromatic heterocycles. The third kappa shape index (κ3) is 2.39. The van der Waals surface area contributed by atoms with Gasteiger partial charge in [0.2, 0.25) is 0 Å². The van der Waals surface area contributed by atoms with Gasteiger partial charge in [-0.3, -0.25) is 4.79 Å². The Morgan fingerprint density at radius 2 is 1.80 bits per heavy atom. The molecule has 1 heterocycles. The highest BCUT2D eigenvalue weighted by Gasteiger charge is 2.26. The predicted octanol–water partition coefficient (Wildman–Crippen LogP) is 3.37. The van der Waals surface area contributed by atoms with E-state index in [-0.39, 0.29) is 11.7 Å². The summed E-state index contributed by atoms with van der Waals surface area (Å²) in [6.07, 6.45) is 0. The Morgan fingerprint density at radius 1 is 1.10 bits per heavy atom. The third-order valence-corrected chi connectivity index (χ3v) is 3.92. The van der Waals surface area contributed by atoms with Gasteiger partial charge in [-0.05, 0) is 37.1 Å². The Labute approximate surface area is 119 Å². The number of hydrogen-bond acceptors (Lipinski definition) is 2. The van der Waals surface area contributed by atoms with Crippen molar-refractivity contribution in [2.45, 2.75) is 26.3 Å². The number of nitrogens with one attached hydrogen (secondary N) is 1. The van der Waals surface area contributed by atoms with Crippen molar-refractivity contribution < 1.29 is 4.79 Å². The van der Waals surface area contributed by atoms with Crippen molar-refractivity contribution in [2.24, 2.45) is 0 Å². The summed E-state index contributed by atoms with van der Waals surface area (Å²) in [5.41, 5.74) is 5.53. The Kier molecular flexibility index (Phi) is 3.41. The van der Waals surface area contributed by atoms with Gasteiger partial charge in [0.25, 0.3) is 0 Å². The van der Waals surface area contributed by atoms with Gasteiger partial charge in [0.15, 0.2) is 5.78 Å². The fourth-order valence-corrected chi connectivity index (χ4v) is 3.05. The third-order valence-electron chi connectivity index (χ3n) is 3.92. The molecule has 2 nitrogen and oxygen atoms in total. The second-order valence-corrected chi connectivity index (χ2v) is 5.62. The van der Waals surface area contributed by atoms with Gasteiger partial charge in [0.05, 0.1) is 5.92 Å². The van der Waals surface area contributed by atoms with Crippen molar-refractivity contribution >= 4 is 5.78 Å². The van der Waals surface area contributed by atoms with Gasteiger partial charge >= 0.3 is 0 Å². The van der Waals surface area contributed by atoms with Crippen molar-refractivity contribution in [3.63, 3.8) is 0 Å². The highest BCUT2D eigenvalue weighted by atomic mass is 16.1. The van der Waals surface area contributed by atoms with E-state index in [1.807, 2.05) is 38.1 Å². The first kappa shape index (κ1) is 13.1. The van der Waals surface area contributed by atoms with E-state index in [1.54, 1.807) is 0 Å². The monoisotopic (exact) mass is 265 g/mol. The van der Waals surface area contributed by atoms with E-state index in [0.29, 0.717) is 0 Å². The van der Waals surface area contributed by atoms with Crippen LogP contribution in [0.3, 0.4) is 0 Å². The zero-order chi connectivity index (χ0) is 14.1. The van der Waals surface area contributed by atoms with Crippen LogP contribution in [0.2, 0.25) is 0 Å². The SMILES string of the molecule is Cc1cc(C)cc(C(=O)C2CNCc3ccccc32)c1. The molecular weight excluding hydrogens is 246 g/mol. The number of Topliss-reactive ketones (excluding diaryl/α,β-unsaturated/α-hetero) is 1. The first-order chi connectivity index (χ1) is 9.65. The molecule has 0 radical (unpaired) electrons. The van der Waals surface area contributed by atoms with E-state index >= 15 is 0 Å². The predicted molar refractivity (Wildman–Crippen MR) is 81.1 cm³/mol. The van der Waals surface area contributed by atoms with Crippen LogP contribution in [0.1, 0.15) is 38.5 Å². The van der Waals surface area contributed by atoms with Gasteiger partial charge in [0.1, 0.15) is 0 Å². The summed E-state index contributed by atoms with van der Waals surface area (Å²) in [6.45, 7) is 5.66. The summed E-state index contributed by atoms with van der Waals surface area (Å²) in [5.74, 6) is 0.151. The Morgan fingerprint density at radius 3 is 2.55 bits per heavy atom. The van der Waals surface area contributed by atoms with Gasteiger partial charge in [-0.2, -0.15) is 0 Å². The molecule has 2 heteroatoms. The molecule has 1 atom stereocenters. The number of fused-ring (bicyclic) bond motifs is 1. The molecule has 102 valence electrons. The second kappa shape index (κ2) is 5.22. The summed E-state index contributed by atoms with van der Waals surface area (Å²) in [4.78, 5) is 12.8. The van der Waals surface area contributed by atoms with Crippen LogP contribution in [-0.4, -0.2) is 12.3 Å². The zero-order valence-corrected chi connectivity index (χ0v) is 11.9. The maximum atomic E-state index is 12.8. The lowest BCUT2D eigenvalue weighted by Gasteiger charge is -2.25. The van der Waals surface area contributed by atoms with Crippen LogP contribution in [0.4, 0.5) is 0 Å². The van der Waals surface area contributed by atoms with E-state index < -0.39 is 0 Å². The average Bonchev–Trinajstić information content (AvgIpc) is 2.45. The lowest BCUT2D eigenvalue weighted by molar-refractivity contribution is 0.0955. The maximum Gasteiger partial charge on any atom is 0.171 e. The molecule has 20 heavy (non-hydrogen) atoms. The lowest BCUT2D eigenvalue weighted by atomic mass is 9.84. The first-order valence-electron chi connectivity index (χ1n) is 7.06. The average molecular weight is 265 g/mol.